The first-order valence-electron chi connectivity index (χ1n) is 17.1. The molecule has 0 amide bonds. The molecule has 2 aliphatic rings. The standard InChI is InChI=1S/C46H27N3S2/c1-3-13-28(14-4-1)43-47-44(29-15-5-2-6-16-29)49-45(48-43)30-23-24-39-33(25-30)34-26-42-38(27-41(34)50-39)46(37-21-11-12-22-40(37)51-42)35-19-9-7-17-31(35)32-18-8-10-20-36(32)46/h1-27H. The number of thiophene rings is 1. The van der Waals surface area contributed by atoms with Gasteiger partial charge in [-0.2, -0.15) is 0 Å². The second kappa shape index (κ2) is 11.1. The average Bonchev–Trinajstić information content (AvgIpc) is 3.71. The van der Waals surface area contributed by atoms with Gasteiger partial charge in [-0.1, -0.05) is 139 Å². The van der Waals surface area contributed by atoms with E-state index in [4.69, 9.17) is 15.0 Å². The molecule has 1 aliphatic carbocycles. The first-order chi connectivity index (χ1) is 25.3. The van der Waals surface area contributed by atoms with E-state index in [9.17, 15) is 0 Å². The van der Waals surface area contributed by atoms with Crippen molar-refractivity contribution in [3.05, 3.63) is 186 Å². The first kappa shape index (κ1) is 28.9. The largest absolute Gasteiger partial charge is 0.208 e. The molecule has 1 spiro atoms. The highest BCUT2D eigenvalue weighted by Gasteiger charge is 2.50. The molecule has 7 aromatic carbocycles. The van der Waals surface area contributed by atoms with E-state index in [0.29, 0.717) is 17.5 Å². The normalized spacial score (nSPS) is 13.6. The molecular weight excluding hydrogens is 659 g/mol. The lowest BCUT2D eigenvalue weighted by Gasteiger charge is -2.39. The van der Waals surface area contributed by atoms with Gasteiger partial charge in [-0.3, -0.25) is 0 Å². The molecule has 0 fully saturated rings. The zero-order chi connectivity index (χ0) is 33.5. The summed E-state index contributed by atoms with van der Waals surface area (Å²) >= 11 is 3.75. The monoisotopic (exact) mass is 685 g/mol. The van der Waals surface area contributed by atoms with Crippen LogP contribution in [0, 0.1) is 0 Å². The number of nitrogens with zero attached hydrogens (tertiary/aromatic N) is 3. The van der Waals surface area contributed by atoms with Gasteiger partial charge in [0.15, 0.2) is 17.5 Å². The molecular formula is C46H27N3S2. The maximum atomic E-state index is 5.03. The van der Waals surface area contributed by atoms with Crippen molar-refractivity contribution in [2.75, 3.05) is 0 Å². The summed E-state index contributed by atoms with van der Waals surface area (Å²) in [6, 6.07) is 58.9. The molecule has 238 valence electrons. The minimum absolute atomic E-state index is 0.382. The molecule has 3 nitrogen and oxygen atoms in total. The van der Waals surface area contributed by atoms with E-state index in [1.165, 1.54) is 63.3 Å². The Balaban J connectivity index is 1.13. The van der Waals surface area contributed by atoms with Crippen molar-refractivity contribution < 1.29 is 0 Å². The Labute approximate surface area is 303 Å². The zero-order valence-electron chi connectivity index (χ0n) is 27.2. The Morgan fingerprint density at radius 1 is 0.373 bits per heavy atom. The van der Waals surface area contributed by atoms with Gasteiger partial charge in [0.2, 0.25) is 0 Å². The van der Waals surface area contributed by atoms with E-state index in [2.05, 4.69) is 127 Å². The Kier molecular flexibility index (Phi) is 6.27. The van der Waals surface area contributed by atoms with Gasteiger partial charge in [0, 0.05) is 46.7 Å². The van der Waals surface area contributed by atoms with Crippen LogP contribution in [0.25, 0.3) is 65.5 Å². The minimum atomic E-state index is -0.382. The maximum absolute atomic E-state index is 5.03. The van der Waals surface area contributed by atoms with Crippen molar-refractivity contribution in [1.29, 1.82) is 0 Å². The smallest absolute Gasteiger partial charge is 0.164 e. The number of hydrogen-bond donors (Lipinski definition) is 0. The van der Waals surface area contributed by atoms with Gasteiger partial charge in [0.1, 0.15) is 0 Å². The average molecular weight is 686 g/mol. The fourth-order valence-electron chi connectivity index (χ4n) is 8.20. The van der Waals surface area contributed by atoms with Crippen LogP contribution in [-0.2, 0) is 5.41 Å². The van der Waals surface area contributed by atoms with Crippen molar-refractivity contribution in [2.24, 2.45) is 0 Å². The van der Waals surface area contributed by atoms with Crippen molar-refractivity contribution in [2.45, 2.75) is 15.2 Å². The molecule has 0 N–H and O–H groups in total. The van der Waals surface area contributed by atoms with Gasteiger partial charge < -0.3 is 0 Å². The van der Waals surface area contributed by atoms with Gasteiger partial charge >= 0.3 is 0 Å². The molecule has 3 heterocycles. The van der Waals surface area contributed by atoms with Crippen LogP contribution >= 0.6 is 23.1 Å². The van der Waals surface area contributed by atoms with Crippen molar-refractivity contribution in [3.63, 3.8) is 0 Å². The summed E-state index contributed by atoms with van der Waals surface area (Å²) < 4.78 is 2.54. The van der Waals surface area contributed by atoms with Gasteiger partial charge in [0.05, 0.1) is 5.41 Å². The van der Waals surface area contributed by atoms with E-state index < -0.39 is 0 Å². The van der Waals surface area contributed by atoms with Crippen molar-refractivity contribution >= 4 is 43.3 Å². The Bertz CT molecular complexity index is 2740. The number of benzene rings is 7. The lowest BCUT2D eigenvalue weighted by Crippen LogP contribution is -2.31. The summed E-state index contributed by atoms with van der Waals surface area (Å²) in [6.45, 7) is 0. The van der Waals surface area contributed by atoms with Crippen molar-refractivity contribution in [3.8, 4) is 45.3 Å². The van der Waals surface area contributed by atoms with E-state index in [1.54, 1.807) is 0 Å². The first-order valence-corrected chi connectivity index (χ1v) is 18.7. The van der Waals surface area contributed by atoms with Crippen LogP contribution < -0.4 is 0 Å². The second-order valence-corrected chi connectivity index (χ2v) is 15.3. The lowest BCUT2D eigenvalue weighted by atomic mass is 9.67. The highest BCUT2D eigenvalue weighted by atomic mass is 32.2. The number of fused-ring (bicyclic) bond motifs is 12. The molecule has 0 atom stereocenters. The third-order valence-electron chi connectivity index (χ3n) is 10.4. The van der Waals surface area contributed by atoms with Gasteiger partial charge in [-0.25, -0.2) is 15.0 Å². The summed E-state index contributed by atoms with van der Waals surface area (Å²) in [5, 5.41) is 2.48. The molecule has 2 aromatic heterocycles. The molecule has 0 saturated carbocycles. The number of aromatic nitrogens is 3. The van der Waals surface area contributed by atoms with Crippen LogP contribution in [-0.4, -0.2) is 15.0 Å². The molecule has 51 heavy (non-hydrogen) atoms. The van der Waals surface area contributed by atoms with Crippen molar-refractivity contribution in [1.82, 2.24) is 15.0 Å². The molecule has 9 aromatic rings. The highest BCUT2D eigenvalue weighted by Crippen LogP contribution is 2.62. The SMILES string of the molecule is c1ccc(-c2nc(-c3ccccc3)nc(-c3ccc4sc5cc6c(cc5c4c3)Sc3ccccc3C63c4ccccc4-c4ccccc43)n2)cc1. The molecule has 11 rings (SSSR count). The van der Waals surface area contributed by atoms with Crippen LogP contribution in [0.3, 0.4) is 0 Å². The quantitative estimate of drug-likeness (QED) is 0.186. The van der Waals surface area contributed by atoms with Crippen LogP contribution in [0.1, 0.15) is 22.3 Å². The third kappa shape index (κ3) is 4.22. The molecule has 5 heteroatoms. The predicted molar refractivity (Wildman–Crippen MR) is 210 cm³/mol. The highest BCUT2D eigenvalue weighted by molar-refractivity contribution is 7.99. The zero-order valence-corrected chi connectivity index (χ0v) is 28.9. The lowest BCUT2D eigenvalue weighted by molar-refractivity contribution is 0.724. The second-order valence-electron chi connectivity index (χ2n) is 13.1. The summed E-state index contributed by atoms with van der Waals surface area (Å²) in [5.41, 5.74) is 10.6. The van der Waals surface area contributed by atoms with E-state index >= 15 is 0 Å². The summed E-state index contributed by atoms with van der Waals surface area (Å²) in [5.74, 6) is 2.01. The predicted octanol–water partition coefficient (Wildman–Crippen LogP) is 12.1. The topological polar surface area (TPSA) is 38.7 Å². The van der Waals surface area contributed by atoms with Gasteiger partial charge in [-0.15, -0.1) is 11.3 Å². The van der Waals surface area contributed by atoms with Crippen LogP contribution in [0.4, 0.5) is 0 Å². The number of hydrogen-bond acceptors (Lipinski definition) is 5. The Morgan fingerprint density at radius 3 is 1.55 bits per heavy atom. The maximum Gasteiger partial charge on any atom is 0.164 e. The number of rotatable bonds is 3. The molecule has 1 aliphatic heterocycles. The molecule has 0 bridgehead atoms. The van der Waals surface area contributed by atoms with E-state index in [0.717, 1.165) is 16.7 Å². The molecule has 0 unspecified atom stereocenters. The summed E-state index contributed by atoms with van der Waals surface area (Å²) in [4.78, 5) is 17.6. The molecule has 0 radical (unpaired) electrons. The van der Waals surface area contributed by atoms with Crippen LogP contribution in [0.2, 0.25) is 0 Å². The summed E-state index contributed by atoms with van der Waals surface area (Å²) in [7, 11) is 0. The minimum Gasteiger partial charge on any atom is -0.208 e. The van der Waals surface area contributed by atoms with E-state index in [-0.39, 0.29) is 5.41 Å². The van der Waals surface area contributed by atoms with Gasteiger partial charge in [0.25, 0.3) is 0 Å². The Hall–Kier alpha value is -5.88. The fourth-order valence-corrected chi connectivity index (χ4v) is 10.5. The fraction of sp³-hybridized carbons (Fsp3) is 0.0217. The summed E-state index contributed by atoms with van der Waals surface area (Å²) in [6.07, 6.45) is 0. The third-order valence-corrected chi connectivity index (χ3v) is 12.7. The van der Waals surface area contributed by atoms with Gasteiger partial charge in [-0.05, 0) is 69.8 Å². The molecule has 0 saturated heterocycles. The van der Waals surface area contributed by atoms with Crippen LogP contribution in [0.15, 0.2) is 174 Å². The van der Waals surface area contributed by atoms with E-state index in [1.807, 2.05) is 59.5 Å². The Morgan fingerprint density at radius 2 is 0.902 bits per heavy atom. The van der Waals surface area contributed by atoms with Crippen LogP contribution in [0.5, 0.6) is 0 Å².